The Morgan fingerprint density at radius 3 is 2.36 bits per heavy atom. The molecular weight excluding hydrogens is 447 g/mol. The third kappa shape index (κ3) is 4.07. The molecule has 0 bridgehead atoms. The molecule has 0 atom stereocenters. The molecule has 166 valence electrons. The van der Waals surface area contributed by atoms with Gasteiger partial charge in [-0.15, -0.1) is 0 Å². The predicted octanol–water partition coefficient (Wildman–Crippen LogP) is 6.31. The van der Waals surface area contributed by atoms with Crippen LogP contribution in [-0.4, -0.2) is 19.7 Å². The second kappa shape index (κ2) is 8.32. The SMILES string of the molecule is Nc1c(-c2ccccc2)c(CSc2nc3ccccc3[nH]2)nn1-c1ccccc1C(F)(F)F. The second-order valence-electron chi connectivity index (χ2n) is 7.35. The zero-order valence-corrected chi connectivity index (χ0v) is 18.0. The van der Waals surface area contributed by atoms with E-state index in [0.29, 0.717) is 22.2 Å². The number of rotatable bonds is 5. The molecule has 0 radical (unpaired) electrons. The van der Waals surface area contributed by atoms with Crippen molar-refractivity contribution in [2.75, 3.05) is 5.73 Å². The van der Waals surface area contributed by atoms with Crippen LogP contribution in [-0.2, 0) is 11.9 Å². The number of imidazole rings is 1. The average molecular weight is 466 g/mol. The van der Waals surface area contributed by atoms with Gasteiger partial charge in [0.1, 0.15) is 5.82 Å². The Hall–Kier alpha value is -3.72. The fourth-order valence-electron chi connectivity index (χ4n) is 3.71. The van der Waals surface area contributed by atoms with Gasteiger partial charge < -0.3 is 10.7 Å². The maximum Gasteiger partial charge on any atom is 0.418 e. The van der Waals surface area contributed by atoms with Gasteiger partial charge in [0, 0.05) is 11.3 Å². The molecule has 9 heteroatoms. The number of fused-ring (bicyclic) bond motifs is 1. The Morgan fingerprint density at radius 2 is 1.61 bits per heavy atom. The number of nitrogens with one attached hydrogen (secondary N) is 1. The zero-order valence-electron chi connectivity index (χ0n) is 17.2. The summed E-state index contributed by atoms with van der Waals surface area (Å²) in [4.78, 5) is 7.80. The number of nitrogens with zero attached hydrogens (tertiary/aromatic N) is 3. The zero-order chi connectivity index (χ0) is 23.0. The summed E-state index contributed by atoms with van der Waals surface area (Å²) < 4.78 is 42.2. The number of nitrogen functional groups attached to an aromatic ring is 1. The maximum absolute atomic E-state index is 13.7. The lowest BCUT2D eigenvalue weighted by molar-refractivity contribution is -0.137. The topological polar surface area (TPSA) is 72.5 Å². The number of nitrogens with two attached hydrogens (primary N) is 1. The summed E-state index contributed by atoms with van der Waals surface area (Å²) in [7, 11) is 0. The van der Waals surface area contributed by atoms with Gasteiger partial charge in [-0.05, 0) is 29.8 Å². The minimum Gasteiger partial charge on any atom is -0.383 e. The summed E-state index contributed by atoms with van der Waals surface area (Å²) in [6.07, 6.45) is -4.54. The molecule has 33 heavy (non-hydrogen) atoms. The molecule has 0 amide bonds. The minimum absolute atomic E-state index is 0.111. The van der Waals surface area contributed by atoms with E-state index < -0.39 is 11.7 Å². The van der Waals surface area contributed by atoms with Gasteiger partial charge in [-0.25, -0.2) is 9.67 Å². The van der Waals surface area contributed by atoms with Gasteiger partial charge in [-0.3, -0.25) is 0 Å². The van der Waals surface area contributed by atoms with Gasteiger partial charge in [0.15, 0.2) is 5.16 Å². The summed E-state index contributed by atoms with van der Waals surface area (Å²) >= 11 is 1.41. The summed E-state index contributed by atoms with van der Waals surface area (Å²) in [5.74, 6) is 0.521. The molecule has 0 saturated carbocycles. The smallest absolute Gasteiger partial charge is 0.383 e. The van der Waals surface area contributed by atoms with Crippen LogP contribution in [0.15, 0.2) is 84.0 Å². The van der Waals surface area contributed by atoms with Crippen LogP contribution in [0.1, 0.15) is 11.3 Å². The Balaban J connectivity index is 1.59. The highest BCUT2D eigenvalue weighted by Gasteiger charge is 2.35. The quantitative estimate of drug-likeness (QED) is 0.299. The van der Waals surface area contributed by atoms with E-state index in [2.05, 4.69) is 15.1 Å². The number of aromatic nitrogens is 4. The first-order chi connectivity index (χ1) is 15.9. The fraction of sp³-hybridized carbons (Fsp3) is 0.0833. The van der Waals surface area contributed by atoms with Gasteiger partial charge in [0.05, 0.1) is 28.0 Å². The molecule has 2 aromatic heterocycles. The van der Waals surface area contributed by atoms with Crippen molar-refractivity contribution < 1.29 is 13.2 Å². The van der Waals surface area contributed by atoms with E-state index in [1.165, 1.54) is 34.6 Å². The summed E-state index contributed by atoms with van der Waals surface area (Å²) in [6.45, 7) is 0. The standard InChI is InChI=1S/C24H18F3N5S/c25-24(26,27)16-10-4-7-13-20(16)32-22(28)21(15-8-2-1-3-9-15)19(31-32)14-33-23-29-17-11-5-6-12-18(17)30-23/h1-13H,14,28H2,(H,29,30). The van der Waals surface area contributed by atoms with E-state index in [9.17, 15) is 13.2 Å². The van der Waals surface area contributed by atoms with E-state index in [0.717, 1.165) is 22.7 Å². The predicted molar refractivity (Wildman–Crippen MR) is 124 cm³/mol. The largest absolute Gasteiger partial charge is 0.418 e. The highest BCUT2D eigenvalue weighted by atomic mass is 32.2. The first-order valence-corrected chi connectivity index (χ1v) is 11.1. The van der Waals surface area contributed by atoms with E-state index in [1.807, 2.05) is 54.6 Å². The number of aromatic amines is 1. The Morgan fingerprint density at radius 1 is 0.909 bits per heavy atom. The third-order valence-corrected chi connectivity index (χ3v) is 6.09. The molecule has 5 rings (SSSR count). The van der Waals surface area contributed by atoms with Crippen molar-refractivity contribution in [2.24, 2.45) is 0 Å². The normalized spacial score (nSPS) is 11.8. The molecule has 3 N–H and O–H groups in total. The van der Waals surface area contributed by atoms with E-state index >= 15 is 0 Å². The van der Waals surface area contributed by atoms with Crippen molar-refractivity contribution in [3.05, 3.63) is 90.1 Å². The highest BCUT2D eigenvalue weighted by molar-refractivity contribution is 7.98. The van der Waals surface area contributed by atoms with E-state index in [4.69, 9.17) is 5.73 Å². The van der Waals surface area contributed by atoms with E-state index in [-0.39, 0.29) is 11.5 Å². The molecule has 5 aromatic rings. The molecule has 2 heterocycles. The number of H-pyrrole nitrogens is 1. The second-order valence-corrected chi connectivity index (χ2v) is 8.31. The van der Waals surface area contributed by atoms with Crippen molar-refractivity contribution in [3.63, 3.8) is 0 Å². The highest BCUT2D eigenvalue weighted by Crippen LogP contribution is 2.38. The molecular formula is C24H18F3N5S. The molecule has 0 saturated heterocycles. The molecule has 0 aliphatic carbocycles. The maximum atomic E-state index is 13.7. The number of benzene rings is 3. The third-order valence-electron chi connectivity index (χ3n) is 5.21. The van der Waals surface area contributed by atoms with Crippen LogP contribution in [0.2, 0.25) is 0 Å². The Labute approximate surface area is 191 Å². The van der Waals surface area contributed by atoms with Crippen LogP contribution < -0.4 is 5.73 Å². The van der Waals surface area contributed by atoms with Crippen molar-refractivity contribution in [1.82, 2.24) is 19.7 Å². The van der Waals surface area contributed by atoms with Gasteiger partial charge in [0.25, 0.3) is 0 Å². The summed E-state index contributed by atoms with van der Waals surface area (Å²) in [6, 6.07) is 22.3. The van der Waals surface area contributed by atoms with Gasteiger partial charge >= 0.3 is 6.18 Å². The molecule has 0 spiro atoms. The van der Waals surface area contributed by atoms with Crippen molar-refractivity contribution in [2.45, 2.75) is 17.1 Å². The first kappa shape index (κ1) is 21.1. The van der Waals surface area contributed by atoms with Gasteiger partial charge in [-0.1, -0.05) is 66.4 Å². The Bertz CT molecular complexity index is 1390. The van der Waals surface area contributed by atoms with Gasteiger partial charge in [0.2, 0.25) is 0 Å². The Kier molecular flexibility index (Phi) is 5.33. The fourth-order valence-corrected chi connectivity index (χ4v) is 4.54. The van der Waals surface area contributed by atoms with Crippen LogP contribution in [0.4, 0.5) is 19.0 Å². The summed E-state index contributed by atoms with van der Waals surface area (Å²) in [5, 5.41) is 5.22. The number of thioether (sulfide) groups is 1. The number of alkyl halides is 3. The number of anilines is 1. The van der Waals surface area contributed by atoms with Crippen LogP contribution in [0, 0.1) is 0 Å². The minimum atomic E-state index is -4.54. The van der Waals surface area contributed by atoms with Crippen LogP contribution in [0.3, 0.4) is 0 Å². The van der Waals surface area contributed by atoms with E-state index in [1.54, 1.807) is 0 Å². The number of para-hydroxylation sites is 3. The molecule has 0 unspecified atom stereocenters. The average Bonchev–Trinajstić information content (AvgIpc) is 3.38. The van der Waals surface area contributed by atoms with Crippen LogP contribution >= 0.6 is 11.8 Å². The van der Waals surface area contributed by atoms with Crippen molar-refractivity contribution in [1.29, 1.82) is 0 Å². The summed E-state index contributed by atoms with van der Waals surface area (Å²) in [5.41, 5.74) is 9.21. The lowest BCUT2D eigenvalue weighted by Crippen LogP contribution is -2.12. The molecule has 0 aliphatic heterocycles. The first-order valence-electron chi connectivity index (χ1n) is 10.1. The molecule has 5 nitrogen and oxygen atoms in total. The van der Waals surface area contributed by atoms with Crippen LogP contribution in [0.5, 0.6) is 0 Å². The van der Waals surface area contributed by atoms with Gasteiger partial charge in [-0.2, -0.15) is 18.3 Å². The molecule has 0 fully saturated rings. The molecule has 0 aliphatic rings. The number of hydrogen-bond donors (Lipinski definition) is 2. The lowest BCUT2D eigenvalue weighted by atomic mass is 10.1. The van der Waals surface area contributed by atoms with Crippen LogP contribution in [0.25, 0.3) is 27.8 Å². The lowest BCUT2D eigenvalue weighted by Gasteiger charge is -2.13. The van der Waals surface area contributed by atoms with Crippen molar-refractivity contribution >= 4 is 28.6 Å². The number of halogens is 3. The van der Waals surface area contributed by atoms with Crippen molar-refractivity contribution in [3.8, 4) is 16.8 Å². The number of hydrogen-bond acceptors (Lipinski definition) is 4. The monoisotopic (exact) mass is 465 g/mol. The molecule has 3 aromatic carbocycles.